The second-order valence-electron chi connectivity index (χ2n) is 6.25. The molecule has 0 saturated heterocycles. The molecule has 0 aliphatic heterocycles. The fraction of sp³-hybridized carbons (Fsp3) is 0.556. The van der Waals surface area contributed by atoms with Gasteiger partial charge in [0.1, 0.15) is 0 Å². The minimum absolute atomic E-state index is 0.0270. The lowest BCUT2D eigenvalue weighted by molar-refractivity contribution is -0.120. The maximum atomic E-state index is 12.1. The van der Waals surface area contributed by atoms with Crippen LogP contribution in [0.15, 0.2) is 18.2 Å². The molecule has 0 radical (unpaired) electrons. The zero-order chi connectivity index (χ0) is 17.4. The SMILES string of the molecule is CCCC(=O)Nc1ccc(Cl)c(NCC(=O)NC2CCCCC2)c1. The zero-order valence-electron chi connectivity index (χ0n) is 14.2. The molecule has 3 N–H and O–H groups in total. The third-order valence-corrected chi connectivity index (χ3v) is 4.47. The predicted molar refractivity (Wildman–Crippen MR) is 98.5 cm³/mol. The largest absolute Gasteiger partial charge is 0.375 e. The van der Waals surface area contributed by atoms with Crippen LogP contribution in [0.5, 0.6) is 0 Å². The van der Waals surface area contributed by atoms with Crippen molar-refractivity contribution in [1.29, 1.82) is 0 Å². The molecule has 132 valence electrons. The lowest BCUT2D eigenvalue weighted by Crippen LogP contribution is -2.39. The van der Waals surface area contributed by atoms with Gasteiger partial charge >= 0.3 is 0 Å². The van der Waals surface area contributed by atoms with Crippen molar-refractivity contribution >= 4 is 34.8 Å². The molecule has 1 fully saturated rings. The van der Waals surface area contributed by atoms with E-state index in [1.165, 1.54) is 19.3 Å². The second kappa shape index (κ2) is 9.52. The Hall–Kier alpha value is -1.75. The summed E-state index contributed by atoms with van der Waals surface area (Å²) >= 11 is 6.16. The summed E-state index contributed by atoms with van der Waals surface area (Å²) < 4.78 is 0. The van der Waals surface area contributed by atoms with Gasteiger partial charge in [0, 0.05) is 18.2 Å². The third-order valence-electron chi connectivity index (χ3n) is 4.14. The number of halogens is 1. The Morgan fingerprint density at radius 1 is 1.17 bits per heavy atom. The van der Waals surface area contributed by atoms with Gasteiger partial charge in [0.25, 0.3) is 0 Å². The average Bonchev–Trinajstić information content (AvgIpc) is 2.56. The fourth-order valence-electron chi connectivity index (χ4n) is 2.89. The van der Waals surface area contributed by atoms with Crippen molar-refractivity contribution < 1.29 is 9.59 Å². The Labute approximate surface area is 148 Å². The second-order valence-corrected chi connectivity index (χ2v) is 6.66. The lowest BCUT2D eigenvalue weighted by atomic mass is 9.95. The maximum Gasteiger partial charge on any atom is 0.239 e. The van der Waals surface area contributed by atoms with E-state index in [1.807, 2.05) is 6.92 Å². The van der Waals surface area contributed by atoms with Gasteiger partial charge < -0.3 is 16.0 Å². The highest BCUT2D eigenvalue weighted by atomic mass is 35.5. The van der Waals surface area contributed by atoms with Crippen LogP contribution in [0.1, 0.15) is 51.9 Å². The Bertz CT molecular complexity index is 571. The van der Waals surface area contributed by atoms with Gasteiger partial charge in [0.15, 0.2) is 0 Å². The van der Waals surface area contributed by atoms with Gasteiger partial charge in [-0.25, -0.2) is 0 Å². The van der Waals surface area contributed by atoms with E-state index < -0.39 is 0 Å². The van der Waals surface area contributed by atoms with Crippen LogP contribution in [0.25, 0.3) is 0 Å². The first-order valence-electron chi connectivity index (χ1n) is 8.71. The van der Waals surface area contributed by atoms with Gasteiger partial charge in [-0.15, -0.1) is 0 Å². The van der Waals surface area contributed by atoms with Crippen molar-refractivity contribution in [3.8, 4) is 0 Å². The van der Waals surface area contributed by atoms with Crippen molar-refractivity contribution in [2.75, 3.05) is 17.2 Å². The summed E-state index contributed by atoms with van der Waals surface area (Å²) in [4.78, 5) is 23.7. The van der Waals surface area contributed by atoms with Crippen LogP contribution >= 0.6 is 11.6 Å². The Morgan fingerprint density at radius 2 is 1.92 bits per heavy atom. The van der Waals surface area contributed by atoms with E-state index in [0.717, 1.165) is 19.3 Å². The van der Waals surface area contributed by atoms with Crippen LogP contribution in [-0.2, 0) is 9.59 Å². The predicted octanol–water partition coefficient (Wildman–Crippen LogP) is 3.94. The summed E-state index contributed by atoms with van der Waals surface area (Å²) in [6, 6.07) is 5.51. The van der Waals surface area contributed by atoms with E-state index in [1.54, 1.807) is 18.2 Å². The quantitative estimate of drug-likeness (QED) is 0.696. The molecule has 1 saturated carbocycles. The maximum absolute atomic E-state index is 12.1. The molecule has 1 aliphatic carbocycles. The Kier molecular flexibility index (Phi) is 7.37. The monoisotopic (exact) mass is 351 g/mol. The fourth-order valence-corrected chi connectivity index (χ4v) is 3.07. The first-order valence-corrected chi connectivity index (χ1v) is 9.09. The molecule has 24 heavy (non-hydrogen) atoms. The number of carbonyl (C=O) groups excluding carboxylic acids is 2. The molecule has 0 spiro atoms. The summed E-state index contributed by atoms with van der Waals surface area (Å²) in [7, 11) is 0. The lowest BCUT2D eigenvalue weighted by Gasteiger charge is -2.23. The van der Waals surface area contributed by atoms with Crippen molar-refractivity contribution in [3.05, 3.63) is 23.2 Å². The number of benzene rings is 1. The van der Waals surface area contributed by atoms with E-state index in [-0.39, 0.29) is 18.4 Å². The highest BCUT2D eigenvalue weighted by Crippen LogP contribution is 2.25. The van der Waals surface area contributed by atoms with E-state index in [2.05, 4.69) is 16.0 Å². The first kappa shape index (κ1) is 18.6. The highest BCUT2D eigenvalue weighted by molar-refractivity contribution is 6.33. The van der Waals surface area contributed by atoms with Crippen molar-refractivity contribution in [2.24, 2.45) is 0 Å². The van der Waals surface area contributed by atoms with E-state index in [0.29, 0.717) is 28.9 Å². The summed E-state index contributed by atoms with van der Waals surface area (Å²) in [6.45, 7) is 2.13. The minimum atomic E-state index is -0.0293. The smallest absolute Gasteiger partial charge is 0.239 e. The van der Waals surface area contributed by atoms with Crippen LogP contribution in [0.3, 0.4) is 0 Å². The van der Waals surface area contributed by atoms with E-state index >= 15 is 0 Å². The molecule has 0 unspecified atom stereocenters. The summed E-state index contributed by atoms with van der Waals surface area (Å²) in [5.74, 6) is -0.0563. The molecule has 6 heteroatoms. The van der Waals surface area contributed by atoms with Crippen LogP contribution in [0.2, 0.25) is 5.02 Å². The zero-order valence-corrected chi connectivity index (χ0v) is 14.9. The molecule has 5 nitrogen and oxygen atoms in total. The summed E-state index contributed by atoms with van der Waals surface area (Å²) in [5, 5.41) is 9.46. The standard InChI is InChI=1S/C18H26ClN3O2/c1-2-6-17(23)22-14-9-10-15(19)16(11-14)20-12-18(24)21-13-7-4-3-5-8-13/h9-11,13,20H,2-8,12H2,1H3,(H,21,24)(H,22,23). The van der Waals surface area contributed by atoms with E-state index in [4.69, 9.17) is 11.6 Å². The van der Waals surface area contributed by atoms with Crippen LogP contribution in [0, 0.1) is 0 Å². The molecular weight excluding hydrogens is 326 g/mol. The molecule has 0 heterocycles. The van der Waals surface area contributed by atoms with Gasteiger partial charge in [-0.05, 0) is 37.5 Å². The molecule has 0 bridgehead atoms. The molecule has 1 aliphatic rings. The number of carbonyl (C=O) groups is 2. The summed E-state index contributed by atoms with van der Waals surface area (Å²) in [5.41, 5.74) is 1.32. The molecule has 2 rings (SSSR count). The number of hydrogen-bond acceptors (Lipinski definition) is 3. The first-order chi connectivity index (χ1) is 11.6. The third kappa shape index (κ3) is 6.04. The molecular formula is C18H26ClN3O2. The number of hydrogen-bond donors (Lipinski definition) is 3. The van der Waals surface area contributed by atoms with Gasteiger partial charge in [-0.1, -0.05) is 37.8 Å². The van der Waals surface area contributed by atoms with Gasteiger partial charge in [0.2, 0.25) is 11.8 Å². The minimum Gasteiger partial charge on any atom is -0.375 e. The van der Waals surface area contributed by atoms with Crippen molar-refractivity contribution in [2.45, 2.75) is 57.9 Å². The molecule has 1 aromatic carbocycles. The molecule has 2 amide bonds. The Morgan fingerprint density at radius 3 is 2.62 bits per heavy atom. The molecule has 0 aromatic heterocycles. The van der Waals surface area contributed by atoms with Gasteiger partial charge in [-0.3, -0.25) is 9.59 Å². The van der Waals surface area contributed by atoms with Crippen molar-refractivity contribution in [3.63, 3.8) is 0 Å². The molecule has 0 atom stereocenters. The van der Waals surface area contributed by atoms with Crippen LogP contribution in [0.4, 0.5) is 11.4 Å². The summed E-state index contributed by atoms with van der Waals surface area (Å²) in [6.07, 6.45) is 7.03. The van der Waals surface area contributed by atoms with Gasteiger partial charge in [-0.2, -0.15) is 0 Å². The van der Waals surface area contributed by atoms with E-state index in [9.17, 15) is 9.59 Å². The van der Waals surface area contributed by atoms with Crippen LogP contribution in [-0.4, -0.2) is 24.4 Å². The van der Waals surface area contributed by atoms with Crippen molar-refractivity contribution in [1.82, 2.24) is 5.32 Å². The topological polar surface area (TPSA) is 70.2 Å². The number of anilines is 2. The van der Waals surface area contributed by atoms with Crippen LogP contribution < -0.4 is 16.0 Å². The number of amides is 2. The average molecular weight is 352 g/mol. The highest BCUT2D eigenvalue weighted by Gasteiger charge is 2.15. The number of nitrogens with one attached hydrogen (secondary N) is 3. The molecule has 1 aromatic rings. The van der Waals surface area contributed by atoms with Gasteiger partial charge in [0.05, 0.1) is 17.3 Å². The number of rotatable bonds is 7. The Balaban J connectivity index is 1.86. The normalized spacial score (nSPS) is 14.9.